The molecule has 0 aromatic rings. The van der Waals surface area contributed by atoms with Gasteiger partial charge in [-0.25, -0.2) is 0 Å². The molecule has 1 fully saturated rings. The van der Waals surface area contributed by atoms with Crippen molar-refractivity contribution in [1.29, 1.82) is 0 Å². The summed E-state index contributed by atoms with van der Waals surface area (Å²) in [5.41, 5.74) is -0.156. The molecule has 3 heteroatoms. The quantitative estimate of drug-likeness (QED) is 0.676. The Labute approximate surface area is 86.9 Å². The van der Waals surface area contributed by atoms with Gasteiger partial charge < -0.3 is 15.4 Å². The molecule has 0 bridgehead atoms. The third-order valence-corrected chi connectivity index (χ3v) is 2.13. The molecule has 0 aliphatic carbocycles. The molecule has 3 nitrogen and oxygen atoms in total. The maximum absolute atomic E-state index is 5.61. The van der Waals surface area contributed by atoms with Gasteiger partial charge in [-0.1, -0.05) is 0 Å². The molecule has 0 unspecified atom stereocenters. The Morgan fingerprint density at radius 3 is 2.43 bits per heavy atom. The van der Waals surface area contributed by atoms with Crippen molar-refractivity contribution in [1.82, 2.24) is 10.6 Å². The molecule has 0 spiro atoms. The molecule has 14 heavy (non-hydrogen) atoms. The van der Waals surface area contributed by atoms with Crippen molar-refractivity contribution in [3.8, 4) is 0 Å². The molecule has 0 atom stereocenters. The predicted octanol–water partition coefficient (Wildman–Crippen LogP) is 1.61. The lowest BCUT2D eigenvalue weighted by atomic mass is 10.1. The maximum Gasteiger partial charge on any atom is 0.180 e. The second-order valence-electron chi connectivity index (χ2n) is 4.81. The number of rotatable bonds is 3. The number of hydrogen-bond acceptors (Lipinski definition) is 3. The predicted molar refractivity (Wildman–Crippen MR) is 59.0 cm³/mol. The van der Waals surface area contributed by atoms with E-state index in [-0.39, 0.29) is 5.60 Å². The Morgan fingerprint density at radius 2 is 1.93 bits per heavy atom. The van der Waals surface area contributed by atoms with Crippen LogP contribution in [0.1, 0.15) is 33.6 Å². The van der Waals surface area contributed by atoms with Crippen LogP contribution in [0.2, 0.25) is 0 Å². The van der Waals surface area contributed by atoms with Gasteiger partial charge in [-0.05, 0) is 53.3 Å². The fourth-order valence-corrected chi connectivity index (χ4v) is 1.59. The van der Waals surface area contributed by atoms with Crippen molar-refractivity contribution in [3.05, 3.63) is 12.5 Å². The fraction of sp³-hybridized carbons (Fsp3) is 0.818. The van der Waals surface area contributed by atoms with E-state index in [0.717, 1.165) is 25.9 Å². The Balaban J connectivity index is 2.25. The Bertz CT molecular complexity index is 190. The largest absolute Gasteiger partial charge is 0.474 e. The maximum atomic E-state index is 5.61. The van der Waals surface area contributed by atoms with Crippen LogP contribution in [-0.4, -0.2) is 24.7 Å². The summed E-state index contributed by atoms with van der Waals surface area (Å²) in [6.07, 6.45) is 2.29. The Morgan fingerprint density at radius 1 is 1.36 bits per heavy atom. The molecular weight excluding hydrogens is 176 g/mol. The highest BCUT2D eigenvalue weighted by molar-refractivity contribution is 4.88. The lowest BCUT2D eigenvalue weighted by Crippen LogP contribution is -2.40. The number of ether oxygens (including phenoxy) is 1. The van der Waals surface area contributed by atoms with E-state index in [1.165, 1.54) is 0 Å². The van der Waals surface area contributed by atoms with Gasteiger partial charge in [0.1, 0.15) is 5.60 Å². The first-order chi connectivity index (χ1) is 6.47. The van der Waals surface area contributed by atoms with E-state index < -0.39 is 0 Å². The summed E-state index contributed by atoms with van der Waals surface area (Å²) in [7, 11) is 0. The third-order valence-electron chi connectivity index (χ3n) is 2.13. The highest BCUT2D eigenvalue weighted by Crippen LogP contribution is 2.12. The van der Waals surface area contributed by atoms with E-state index in [1.807, 2.05) is 20.8 Å². The van der Waals surface area contributed by atoms with Gasteiger partial charge in [-0.15, -0.1) is 0 Å². The lowest BCUT2D eigenvalue weighted by molar-refractivity contribution is 0.0372. The number of piperidine rings is 1. The van der Waals surface area contributed by atoms with Gasteiger partial charge in [0.15, 0.2) is 5.88 Å². The van der Waals surface area contributed by atoms with Crippen LogP contribution in [0.25, 0.3) is 0 Å². The van der Waals surface area contributed by atoms with E-state index in [2.05, 4.69) is 17.2 Å². The molecule has 2 N–H and O–H groups in total. The molecule has 0 aromatic carbocycles. The molecule has 0 radical (unpaired) electrons. The minimum atomic E-state index is -0.156. The number of hydrogen-bond donors (Lipinski definition) is 2. The summed E-state index contributed by atoms with van der Waals surface area (Å²) in [6, 6.07) is 0.520. The van der Waals surface area contributed by atoms with Crippen LogP contribution in [-0.2, 0) is 4.74 Å². The summed E-state index contributed by atoms with van der Waals surface area (Å²) in [5, 5.41) is 6.64. The van der Waals surface area contributed by atoms with Crippen molar-refractivity contribution in [2.45, 2.75) is 45.3 Å². The summed E-state index contributed by atoms with van der Waals surface area (Å²) in [5.74, 6) is 0.699. The standard InChI is InChI=1S/C11H22N2O/c1-9(14-11(2,3)4)13-10-5-7-12-8-6-10/h10,12-13H,1,5-8H2,2-4H3. The third kappa shape index (κ3) is 4.51. The van der Waals surface area contributed by atoms with Crippen molar-refractivity contribution < 1.29 is 4.74 Å². The van der Waals surface area contributed by atoms with E-state index in [9.17, 15) is 0 Å². The number of nitrogens with one attached hydrogen (secondary N) is 2. The van der Waals surface area contributed by atoms with Gasteiger partial charge in [-0.2, -0.15) is 0 Å². The fourth-order valence-electron chi connectivity index (χ4n) is 1.59. The van der Waals surface area contributed by atoms with Crippen LogP contribution in [0.3, 0.4) is 0 Å². The van der Waals surface area contributed by atoms with Crippen molar-refractivity contribution in [2.24, 2.45) is 0 Å². The first-order valence-corrected chi connectivity index (χ1v) is 5.32. The van der Waals surface area contributed by atoms with Crippen LogP contribution in [0, 0.1) is 0 Å². The van der Waals surface area contributed by atoms with Crippen LogP contribution >= 0.6 is 0 Å². The average Bonchev–Trinajstić information content (AvgIpc) is 2.02. The molecule has 0 saturated carbocycles. The van der Waals surface area contributed by atoms with Crippen molar-refractivity contribution in [3.63, 3.8) is 0 Å². The summed E-state index contributed by atoms with van der Waals surface area (Å²) < 4.78 is 5.61. The van der Waals surface area contributed by atoms with Crippen molar-refractivity contribution >= 4 is 0 Å². The average molecular weight is 198 g/mol. The van der Waals surface area contributed by atoms with Crippen molar-refractivity contribution in [2.75, 3.05) is 13.1 Å². The molecule has 1 rings (SSSR count). The Hall–Kier alpha value is -0.700. The van der Waals surface area contributed by atoms with E-state index in [0.29, 0.717) is 11.9 Å². The summed E-state index contributed by atoms with van der Waals surface area (Å²) >= 11 is 0. The van der Waals surface area contributed by atoms with Crippen LogP contribution in [0.15, 0.2) is 12.5 Å². The molecule has 1 aliphatic rings. The summed E-state index contributed by atoms with van der Waals surface area (Å²) in [6.45, 7) is 12.1. The molecule has 0 amide bonds. The molecule has 82 valence electrons. The topological polar surface area (TPSA) is 33.3 Å². The van der Waals surface area contributed by atoms with Gasteiger partial charge in [0.2, 0.25) is 0 Å². The van der Waals surface area contributed by atoms with Gasteiger partial charge in [-0.3, -0.25) is 0 Å². The zero-order valence-corrected chi connectivity index (χ0v) is 9.52. The van der Waals surface area contributed by atoms with E-state index in [4.69, 9.17) is 4.74 Å². The monoisotopic (exact) mass is 198 g/mol. The van der Waals surface area contributed by atoms with E-state index in [1.54, 1.807) is 0 Å². The SMILES string of the molecule is C=C(NC1CCNCC1)OC(C)(C)C. The zero-order chi connectivity index (χ0) is 10.6. The molecule has 1 saturated heterocycles. The van der Waals surface area contributed by atoms with Crippen LogP contribution in [0.4, 0.5) is 0 Å². The first-order valence-electron chi connectivity index (χ1n) is 5.32. The van der Waals surface area contributed by atoms with Crippen LogP contribution in [0.5, 0.6) is 0 Å². The first kappa shape index (κ1) is 11.4. The zero-order valence-electron chi connectivity index (χ0n) is 9.52. The minimum Gasteiger partial charge on any atom is -0.474 e. The highest BCUT2D eigenvalue weighted by atomic mass is 16.5. The van der Waals surface area contributed by atoms with Gasteiger partial charge in [0.25, 0.3) is 0 Å². The normalized spacial score (nSPS) is 19.1. The Kier molecular flexibility index (Phi) is 3.81. The molecule has 0 aromatic heterocycles. The van der Waals surface area contributed by atoms with Crippen LogP contribution < -0.4 is 10.6 Å². The van der Waals surface area contributed by atoms with Gasteiger partial charge in [0.05, 0.1) is 0 Å². The highest BCUT2D eigenvalue weighted by Gasteiger charge is 2.16. The second-order valence-corrected chi connectivity index (χ2v) is 4.81. The minimum absolute atomic E-state index is 0.156. The molecule has 1 aliphatic heterocycles. The summed E-state index contributed by atoms with van der Waals surface area (Å²) in [4.78, 5) is 0. The van der Waals surface area contributed by atoms with Gasteiger partial charge >= 0.3 is 0 Å². The molecule has 1 heterocycles. The second kappa shape index (κ2) is 4.69. The van der Waals surface area contributed by atoms with Gasteiger partial charge in [0, 0.05) is 6.04 Å². The smallest absolute Gasteiger partial charge is 0.180 e. The lowest BCUT2D eigenvalue weighted by Gasteiger charge is -2.29. The van der Waals surface area contributed by atoms with E-state index >= 15 is 0 Å². The molecular formula is C11H22N2O.